The monoisotopic (exact) mass is 322 g/mol. The van der Waals surface area contributed by atoms with Crippen molar-refractivity contribution in [3.63, 3.8) is 0 Å². The largest absolute Gasteiger partial charge is 0.0651 e. The SMILES string of the molecule is CC1=C(c2ccccc2)C=C(c2ccc(-c3ccccc3)cc2)CC1. The summed E-state index contributed by atoms with van der Waals surface area (Å²) < 4.78 is 0. The molecule has 0 aliphatic heterocycles. The first-order chi connectivity index (χ1) is 12.3. The van der Waals surface area contributed by atoms with Gasteiger partial charge in [-0.25, -0.2) is 0 Å². The number of hydrogen-bond donors (Lipinski definition) is 0. The topological polar surface area (TPSA) is 0 Å². The van der Waals surface area contributed by atoms with Crippen molar-refractivity contribution in [2.45, 2.75) is 19.8 Å². The Morgan fingerprint density at radius 2 is 1.04 bits per heavy atom. The van der Waals surface area contributed by atoms with Crippen LogP contribution in [0.2, 0.25) is 0 Å². The molecule has 0 fully saturated rings. The van der Waals surface area contributed by atoms with E-state index in [0.717, 1.165) is 12.8 Å². The summed E-state index contributed by atoms with van der Waals surface area (Å²) in [5.41, 5.74) is 9.50. The van der Waals surface area contributed by atoms with Gasteiger partial charge in [0.2, 0.25) is 0 Å². The van der Waals surface area contributed by atoms with E-state index in [9.17, 15) is 0 Å². The van der Waals surface area contributed by atoms with Crippen LogP contribution in [-0.2, 0) is 0 Å². The molecule has 0 N–H and O–H groups in total. The summed E-state index contributed by atoms with van der Waals surface area (Å²) in [7, 11) is 0. The third-order valence-electron chi connectivity index (χ3n) is 5.00. The molecule has 25 heavy (non-hydrogen) atoms. The molecule has 1 aliphatic carbocycles. The predicted octanol–water partition coefficient (Wildman–Crippen LogP) is 7.00. The van der Waals surface area contributed by atoms with Gasteiger partial charge in [0.1, 0.15) is 0 Å². The van der Waals surface area contributed by atoms with Crippen molar-refractivity contribution in [2.24, 2.45) is 0 Å². The number of hydrogen-bond acceptors (Lipinski definition) is 0. The normalized spacial score (nSPS) is 14.4. The molecule has 0 aromatic heterocycles. The van der Waals surface area contributed by atoms with Crippen LogP contribution in [-0.4, -0.2) is 0 Å². The van der Waals surface area contributed by atoms with Crippen LogP contribution in [0.1, 0.15) is 30.9 Å². The lowest BCUT2D eigenvalue weighted by molar-refractivity contribution is 0.982. The van der Waals surface area contributed by atoms with Crippen LogP contribution in [0, 0.1) is 0 Å². The van der Waals surface area contributed by atoms with Gasteiger partial charge in [-0.05, 0) is 53.2 Å². The van der Waals surface area contributed by atoms with E-state index in [0.29, 0.717) is 0 Å². The molecule has 0 amide bonds. The summed E-state index contributed by atoms with van der Waals surface area (Å²) in [5, 5.41) is 0. The molecule has 0 atom stereocenters. The molecule has 1 aliphatic rings. The van der Waals surface area contributed by atoms with Gasteiger partial charge >= 0.3 is 0 Å². The van der Waals surface area contributed by atoms with E-state index in [-0.39, 0.29) is 0 Å². The highest BCUT2D eigenvalue weighted by Crippen LogP contribution is 2.35. The molecule has 122 valence electrons. The van der Waals surface area contributed by atoms with Gasteiger partial charge in [0.15, 0.2) is 0 Å². The second-order valence-corrected chi connectivity index (χ2v) is 6.67. The molecule has 0 spiro atoms. The fourth-order valence-corrected chi connectivity index (χ4v) is 3.51. The van der Waals surface area contributed by atoms with Gasteiger partial charge < -0.3 is 0 Å². The Bertz CT molecular complexity index is 911. The highest BCUT2D eigenvalue weighted by Gasteiger charge is 2.13. The van der Waals surface area contributed by atoms with Crippen molar-refractivity contribution in [2.75, 3.05) is 0 Å². The van der Waals surface area contributed by atoms with Crippen LogP contribution < -0.4 is 0 Å². The molecular weight excluding hydrogens is 300 g/mol. The quantitative estimate of drug-likeness (QED) is 0.487. The van der Waals surface area contributed by atoms with Gasteiger partial charge in [0.25, 0.3) is 0 Å². The van der Waals surface area contributed by atoms with Crippen LogP contribution in [0.4, 0.5) is 0 Å². The fraction of sp³-hybridized carbons (Fsp3) is 0.120. The third kappa shape index (κ3) is 3.34. The Labute approximate surface area is 150 Å². The lowest BCUT2D eigenvalue weighted by atomic mass is 9.86. The van der Waals surface area contributed by atoms with E-state index >= 15 is 0 Å². The molecule has 0 heteroatoms. The van der Waals surface area contributed by atoms with Crippen molar-refractivity contribution in [1.82, 2.24) is 0 Å². The zero-order chi connectivity index (χ0) is 17.1. The maximum atomic E-state index is 2.38. The van der Waals surface area contributed by atoms with Crippen molar-refractivity contribution < 1.29 is 0 Å². The first-order valence-electron chi connectivity index (χ1n) is 8.93. The van der Waals surface area contributed by atoms with E-state index in [4.69, 9.17) is 0 Å². The predicted molar refractivity (Wildman–Crippen MR) is 108 cm³/mol. The van der Waals surface area contributed by atoms with Crippen LogP contribution in [0.5, 0.6) is 0 Å². The van der Waals surface area contributed by atoms with Crippen LogP contribution in [0.3, 0.4) is 0 Å². The van der Waals surface area contributed by atoms with E-state index in [1.165, 1.54) is 39.0 Å². The molecule has 0 bridgehead atoms. The number of benzene rings is 3. The Balaban J connectivity index is 1.66. The molecule has 0 heterocycles. The summed E-state index contributed by atoms with van der Waals surface area (Å²) in [6.45, 7) is 2.26. The van der Waals surface area contributed by atoms with Crippen molar-refractivity contribution in [3.05, 3.63) is 108 Å². The van der Waals surface area contributed by atoms with E-state index in [2.05, 4.69) is 97.9 Å². The van der Waals surface area contributed by atoms with Crippen molar-refractivity contribution in [1.29, 1.82) is 0 Å². The van der Waals surface area contributed by atoms with E-state index in [1.54, 1.807) is 0 Å². The van der Waals surface area contributed by atoms with Crippen LogP contribution in [0.25, 0.3) is 22.3 Å². The molecule has 4 rings (SSSR count). The average molecular weight is 322 g/mol. The lowest BCUT2D eigenvalue weighted by Crippen LogP contribution is -1.97. The first-order valence-corrected chi connectivity index (χ1v) is 8.93. The van der Waals surface area contributed by atoms with Crippen LogP contribution >= 0.6 is 0 Å². The second-order valence-electron chi connectivity index (χ2n) is 6.67. The third-order valence-corrected chi connectivity index (χ3v) is 5.00. The Morgan fingerprint density at radius 1 is 0.520 bits per heavy atom. The summed E-state index contributed by atoms with van der Waals surface area (Å²) >= 11 is 0. The minimum absolute atomic E-state index is 1.12. The average Bonchev–Trinajstić information content (AvgIpc) is 2.70. The van der Waals surface area contributed by atoms with Crippen molar-refractivity contribution in [3.8, 4) is 11.1 Å². The number of allylic oxidation sites excluding steroid dienone is 4. The maximum Gasteiger partial charge on any atom is -0.0184 e. The number of rotatable bonds is 3. The Morgan fingerprint density at radius 3 is 1.68 bits per heavy atom. The summed E-state index contributed by atoms with van der Waals surface area (Å²) in [4.78, 5) is 0. The molecular formula is C25H22. The molecule has 0 radical (unpaired) electrons. The fourth-order valence-electron chi connectivity index (χ4n) is 3.51. The van der Waals surface area contributed by atoms with E-state index in [1.807, 2.05) is 0 Å². The van der Waals surface area contributed by atoms with Gasteiger partial charge in [-0.1, -0.05) is 96.6 Å². The maximum absolute atomic E-state index is 2.38. The molecule has 0 unspecified atom stereocenters. The van der Waals surface area contributed by atoms with Gasteiger partial charge in [-0.2, -0.15) is 0 Å². The van der Waals surface area contributed by atoms with Gasteiger partial charge in [0, 0.05) is 0 Å². The molecule has 3 aromatic carbocycles. The summed E-state index contributed by atoms with van der Waals surface area (Å²) in [5.74, 6) is 0. The Kier molecular flexibility index (Phi) is 4.35. The molecule has 0 nitrogen and oxygen atoms in total. The second kappa shape index (κ2) is 6.94. The first kappa shape index (κ1) is 15.7. The molecule has 0 saturated carbocycles. The summed E-state index contributed by atoms with van der Waals surface area (Å²) in [6, 6.07) is 30.3. The molecule has 3 aromatic rings. The minimum Gasteiger partial charge on any atom is -0.0651 e. The van der Waals surface area contributed by atoms with Crippen molar-refractivity contribution >= 4 is 11.1 Å². The smallest absolute Gasteiger partial charge is 0.0184 e. The highest BCUT2D eigenvalue weighted by atomic mass is 14.2. The van der Waals surface area contributed by atoms with Gasteiger partial charge in [-0.3, -0.25) is 0 Å². The van der Waals surface area contributed by atoms with Gasteiger partial charge in [0.05, 0.1) is 0 Å². The van der Waals surface area contributed by atoms with E-state index < -0.39 is 0 Å². The lowest BCUT2D eigenvalue weighted by Gasteiger charge is -2.19. The zero-order valence-electron chi connectivity index (χ0n) is 14.6. The summed E-state index contributed by atoms with van der Waals surface area (Å²) in [6.07, 6.45) is 4.63. The Hall–Kier alpha value is -2.86. The van der Waals surface area contributed by atoms with Gasteiger partial charge in [-0.15, -0.1) is 0 Å². The van der Waals surface area contributed by atoms with Crippen LogP contribution in [0.15, 0.2) is 96.6 Å². The molecule has 0 saturated heterocycles. The zero-order valence-corrected chi connectivity index (χ0v) is 14.6. The highest BCUT2D eigenvalue weighted by molar-refractivity contribution is 5.87. The standard InChI is InChI=1S/C25H22/c1-19-12-13-24(18-25(19)23-10-6-3-7-11-23)22-16-14-21(15-17-22)20-8-4-2-5-9-20/h2-11,14-18H,12-13H2,1H3. The minimum atomic E-state index is 1.12.